The Labute approximate surface area is 124 Å². The Kier molecular flexibility index (Phi) is 4.94. The summed E-state index contributed by atoms with van der Waals surface area (Å²) in [6, 6.07) is 4.44. The summed E-state index contributed by atoms with van der Waals surface area (Å²) in [5.74, 6) is -0.161. The lowest BCUT2D eigenvalue weighted by atomic mass is 10.2. The van der Waals surface area contributed by atoms with Crippen LogP contribution in [0.3, 0.4) is 0 Å². The summed E-state index contributed by atoms with van der Waals surface area (Å²) in [5.41, 5.74) is 1.26. The van der Waals surface area contributed by atoms with Crippen molar-refractivity contribution in [1.82, 2.24) is 10.2 Å². The Morgan fingerprint density at radius 1 is 1.38 bits per heavy atom. The molecule has 21 heavy (non-hydrogen) atoms. The van der Waals surface area contributed by atoms with E-state index < -0.39 is 10.0 Å². The molecule has 1 amide bonds. The van der Waals surface area contributed by atoms with E-state index in [4.69, 9.17) is 5.14 Å². The summed E-state index contributed by atoms with van der Waals surface area (Å²) in [6.45, 7) is 5.47. The normalized spacial score (nSPS) is 16.7. The third kappa shape index (κ3) is 4.50. The highest BCUT2D eigenvalue weighted by molar-refractivity contribution is 7.89. The molecule has 116 valence electrons. The third-order valence-electron chi connectivity index (χ3n) is 3.39. The molecule has 1 fully saturated rings. The van der Waals surface area contributed by atoms with Crippen molar-refractivity contribution < 1.29 is 13.2 Å². The van der Waals surface area contributed by atoms with E-state index in [0.717, 1.165) is 31.7 Å². The van der Waals surface area contributed by atoms with E-state index >= 15 is 0 Å². The van der Waals surface area contributed by atoms with Gasteiger partial charge in [0.15, 0.2) is 0 Å². The number of sulfonamides is 1. The minimum atomic E-state index is -3.78. The molecule has 0 unspecified atom stereocenters. The summed E-state index contributed by atoms with van der Waals surface area (Å²) in [7, 11) is -3.78. The van der Waals surface area contributed by atoms with E-state index in [1.54, 1.807) is 13.0 Å². The number of carbonyl (C=O) groups excluding carboxylic acids is 1. The zero-order valence-electron chi connectivity index (χ0n) is 11.9. The minimum absolute atomic E-state index is 0.00873. The van der Waals surface area contributed by atoms with Gasteiger partial charge >= 0.3 is 0 Å². The van der Waals surface area contributed by atoms with Crippen molar-refractivity contribution in [1.29, 1.82) is 0 Å². The fourth-order valence-electron chi connectivity index (χ4n) is 2.17. The number of rotatable bonds is 4. The monoisotopic (exact) mass is 312 g/mol. The molecule has 1 aromatic carbocycles. The second-order valence-corrected chi connectivity index (χ2v) is 6.66. The summed E-state index contributed by atoms with van der Waals surface area (Å²) in [6.07, 6.45) is 0. The number of primary sulfonamides is 1. The molecule has 0 atom stereocenters. The average Bonchev–Trinajstić information content (AvgIpc) is 2.41. The number of amides is 1. The van der Waals surface area contributed by atoms with E-state index in [-0.39, 0.29) is 10.8 Å². The van der Waals surface area contributed by atoms with Crippen LogP contribution in [-0.2, 0) is 14.8 Å². The van der Waals surface area contributed by atoms with Gasteiger partial charge in [-0.15, -0.1) is 0 Å². The van der Waals surface area contributed by atoms with Gasteiger partial charge in [0, 0.05) is 31.9 Å². The van der Waals surface area contributed by atoms with Gasteiger partial charge in [0.1, 0.15) is 0 Å². The standard InChI is InChI=1S/C13H20N4O3S/c1-10-2-3-11(21(14,19)20)8-12(10)16-13(18)9-17-6-4-15-5-7-17/h2-3,8,15H,4-7,9H2,1H3,(H,16,18)(H2,14,19,20). The van der Waals surface area contributed by atoms with Crippen LogP contribution in [0, 0.1) is 6.92 Å². The largest absolute Gasteiger partial charge is 0.325 e. The molecule has 2 rings (SSSR count). The van der Waals surface area contributed by atoms with Crippen molar-refractivity contribution in [2.24, 2.45) is 5.14 Å². The molecule has 1 aliphatic rings. The van der Waals surface area contributed by atoms with E-state index in [1.807, 2.05) is 4.90 Å². The molecule has 0 aliphatic carbocycles. The Balaban J connectivity index is 2.06. The first kappa shape index (κ1) is 15.9. The predicted molar refractivity (Wildman–Crippen MR) is 80.5 cm³/mol. The van der Waals surface area contributed by atoms with Gasteiger partial charge in [-0.3, -0.25) is 9.69 Å². The number of nitrogens with two attached hydrogens (primary N) is 1. The van der Waals surface area contributed by atoms with Gasteiger partial charge < -0.3 is 10.6 Å². The summed E-state index contributed by atoms with van der Waals surface area (Å²) >= 11 is 0. The minimum Gasteiger partial charge on any atom is -0.325 e. The zero-order valence-corrected chi connectivity index (χ0v) is 12.7. The third-order valence-corrected chi connectivity index (χ3v) is 4.30. The highest BCUT2D eigenvalue weighted by Gasteiger charge is 2.15. The van der Waals surface area contributed by atoms with Crippen LogP contribution in [0.2, 0.25) is 0 Å². The van der Waals surface area contributed by atoms with E-state index in [2.05, 4.69) is 10.6 Å². The van der Waals surface area contributed by atoms with Crippen LogP contribution in [0.4, 0.5) is 5.69 Å². The van der Waals surface area contributed by atoms with E-state index in [0.29, 0.717) is 12.2 Å². The van der Waals surface area contributed by atoms with Gasteiger partial charge in [-0.1, -0.05) is 6.07 Å². The molecule has 0 bridgehead atoms. The molecular formula is C13H20N4O3S. The van der Waals surface area contributed by atoms with Crippen LogP contribution in [0.5, 0.6) is 0 Å². The van der Waals surface area contributed by atoms with Crippen LogP contribution in [0.25, 0.3) is 0 Å². The van der Waals surface area contributed by atoms with Crippen molar-refractivity contribution in [2.45, 2.75) is 11.8 Å². The van der Waals surface area contributed by atoms with E-state index in [9.17, 15) is 13.2 Å². The Morgan fingerprint density at radius 2 is 2.05 bits per heavy atom. The Morgan fingerprint density at radius 3 is 2.67 bits per heavy atom. The van der Waals surface area contributed by atoms with Crippen molar-refractivity contribution >= 4 is 21.6 Å². The number of nitrogens with zero attached hydrogens (tertiary/aromatic N) is 1. The van der Waals surface area contributed by atoms with Gasteiger partial charge in [-0.05, 0) is 24.6 Å². The van der Waals surface area contributed by atoms with Crippen molar-refractivity contribution in [3.05, 3.63) is 23.8 Å². The quantitative estimate of drug-likeness (QED) is 0.694. The highest BCUT2D eigenvalue weighted by atomic mass is 32.2. The maximum absolute atomic E-state index is 12.0. The van der Waals surface area contributed by atoms with Crippen LogP contribution < -0.4 is 15.8 Å². The first-order chi connectivity index (χ1) is 9.86. The van der Waals surface area contributed by atoms with Gasteiger partial charge in [0.25, 0.3) is 0 Å². The lowest BCUT2D eigenvalue weighted by molar-refractivity contribution is -0.117. The number of carbonyl (C=O) groups is 1. The van der Waals surface area contributed by atoms with Crippen LogP contribution in [0.1, 0.15) is 5.56 Å². The number of hydrogen-bond donors (Lipinski definition) is 3. The second kappa shape index (κ2) is 6.52. The highest BCUT2D eigenvalue weighted by Crippen LogP contribution is 2.19. The Hall–Kier alpha value is -1.48. The first-order valence-corrected chi connectivity index (χ1v) is 8.27. The number of aryl methyl sites for hydroxylation is 1. The average molecular weight is 312 g/mol. The zero-order chi connectivity index (χ0) is 15.5. The molecule has 1 aliphatic heterocycles. The molecule has 1 saturated heterocycles. The maximum atomic E-state index is 12.0. The molecular weight excluding hydrogens is 292 g/mol. The lowest BCUT2D eigenvalue weighted by Gasteiger charge is -2.26. The van der Waals surface area contributed by atoms with Gasteiger partial charge in [-0.25, -0.2) is 13.6 Å². The number of hydrogen-bond acceptors (Lipinski definition) is 5. The molecule has 4 N–H and O–H groups in total. The second-order valence-electron chi connectivity index (χ2n) is 5.10. The molecule has 1 aromatic rings. The predicted octanol–water partition coefficient (Wildman–Crippen LogP) is -0.514. The molecule has 8 heteroatoms. The number of piperazine rings is 1. The molecule has 0 radical (unpaired) electrons. The molecule has 0 aromatic heterocycles. The molecule has 0 spiro atoms. The fourth-order valence-corrected chi connectivity index (χ4v) is 2.71. The van der Waals surface area contributed by atoms with Crippen molar-refractivity contribution in [2.75, 3.05) is 38.0 Å². The SMILES string of the molecule is Cc1ccc(S(N)(=O)=O)cc1NC(=O)CN1CCNCC1. The van der Waals surface area contributed by atoms with Crippen LogP contribution >= 0.6 is 0 Å². The van der Waals surface area contributed by atoms with Gasteiger partial charge in [0.2, 0.25) is 15.9 Å². The molecule has 1 heterocycles. The van der Waals surface area contributed by atoms with Gasteiger partial charge in [-0.2, -0.15) is 0 Å². The summed E-state index contributed by atoms with van der Waals surface area (Å²) in [5, 5.41) is 11.1. The molecule has 0 saturated carbocycles. The van der Waals surface area contributed by atoms with E-state index in [1.165, 1.54) is 12.1 Å². The summed E-state index contributed by atoms with van der Waals surface area (Å²) in [4.78, 5) is 14.1. The van der Waals surface area contributed by atoms with Crippen molar-refractivity contribution in [3.63, 3.8) is 0 Å². The number of benzene rings is 1. The van der Waals surface area contributed by atoms with Crippen LogP contribution in [-0.4, -0.2) is 51.9 Å². The number of anilines is 1. The van der Waals surface area contributed by atoms with Crippen LogP contribution in [0.15, 0.2) is 23.1 Å². The topological polar surface area (TPSA) is 105 Å². The van der Waals surface area contributed by atoms with Gasteiger partial charge in [0.05, 0.1) is 11.4 Å². The smallest absolute Gasteiger partial charge is 0.238 e. The summed E-state index contributed by atoms with van der Waals surface area (Å²) < 4.78 is 22.7. The fraction of sp³-hybridized carbons (Fsp3) is 0.462. The first-order valence-electron chi connectivity index (χ1n) is 6.72. The Bertz CT molecular complexity index is 624. The number of nitrogens with one attached hydrogen (secondary N) is 2. The van der Waals surface area contributed by atoms with Crippen molar-refractivity contribution in [3.8, 4) is 0 Å². The molecule has 7 nitrogen and oxygen atoms in total. The lowest BCUT2D eigenvalue weighted by Crippen LogP contribution is -2.46. The maximum Gasteiger partial charge on any atom is 0.238 e.